The summed E-state index contributed by atoms with van der Waals surface area (Å²) in [6.45, 7) is 5.54. The molecule has 0 saturated carbocycles. The first-order chi connectivity index (χ1) is 8.92. The van der Waals surface area contributed by atoms with Crippen molar-refractivity contribution in [3.8, 4) is 5.69 Å². The Hall–Kier alpha value is -1.36. The van der Waals surface area contributed by atoms with Gasteiger partial charge >= 0.3 is 0 Å². The predicted molar refractivity (Wildman–Crippen MR) is 79.0 cm³/mol. The van der Waals surface area contributed by atoms with Crippen LogP contribution in [0.25, 0.3) is 5.69 Å². The molecule has 19 heavy (non-hydrogen) atoms. The maximum Gasteiger partial charge on any atom is 0.0991 e. The van der Waals surface area contributed by atoms with Gasteiger partial charge < -0.3 is 9.88 Å². The van der Waals surface area contributed by atoms with Crippen LogP contribution in [0.1, 0.15) is 5.56 Å². The molecule has 0 bridgehead atoms. The molecule has 0 atom stereocenters. The Kier molecular flexibility index (Phi) is 4.96. The normalized spacial score (nSPS) is 16.0. The lowest BCUT2D eigenvalue weighted by atomic mass is 10.2. The fraction of sp³-hybridized carbons (Fsp3) is 0.357. The zero-order valence-electron chi connectivity index (χ0n) is 10.8. The number of aromatic nitrogens is 2. The van der Waals surface area contributed by atoms with Gasteiger partial charge in [0.15, 0.2) is 0 Å². The van der Waals surface area contributed by atoms with Crippen LogP contribution in [0.3, 0.4) is 0 Å². The van der Waals surface area contributed by atoms with Crippen LogP contribution in [-0.2, 0) is 6.54 Å². The van der Waals surface area contributed by atoms with Crippen molar-refractivity contribution in [1.29, 1.82) is 0 Å². The standard InChI is InChI=1S/C14H18N4.ClH/c1-3-14(18-10-7-16-12-18)4-2-13(1)11-17-8-5-15-6-9-17;/h1-4,7,10,12,15H,5-6,8-9,11H2;1H. The quantitative estimate of drug-likeness (QED) is 0.928. The molecule has 1 fully saturated rings. The molecule has 0 spiro atoms. The second-order valence-corrected chi connectivity index (χ2v) is 4.66. The van der Waals surface area contributed by atoms with Gasteiger partial charge in [-0.25, -0.2) is 4.98 Å². The van der Waals surface area contributed by atoms with Gasteiger partial charge in [-0.15, -0.1) is 12.4 Å². The Morgan fingerprint density at radius 2 is 1.84 bits per heavy atom. The first kappa shape index (κ1) is 14.1. The van der Waals surface area contributed by atoms with E-state index in [1.54, 1.807) is 6.20 Å². The predicted octanol–water partition coefficient (Wildman–Crippen LogP) is 1.70. The van der Waals surface area contributed by atoms with Gasteiger partial charge in [-0.2, -0.15) is 0 Å². The number of rotatable bonds is 3. The van der Waals surface area contributed by atoms with E-state index in [9.17, 15) is 0 Å². The van der Waals surface area contributed by atoms with Gasteiger partial charge in [0.05, 0.1) is 6.33 Å². The highest BCUT2D eigenvalue weighted by Crippen LogP contribution is 2.11. The Morgan fingerprint density at radius 3 is 2.47 bits per heavy atom. The smallest absolute Gasteiger partial charge is 0.0991 e. The number of hydrogen-bond acceptors (Lipinski definition) is 3. The Labute approximate surface area is 119 Å². The number of piperazine rings is 1. The molecule has 1 aromatic carbocycles. The maximum absolute atomic E-state index is 4.06. The van der Waals surface area contributed by atoms with E-state index in [0.29, 0.717) is 0 Å². The van der Waals surface area contributed by atoms with Gasteiger partial charge in [-0.3, -0.25) is 4.90 Å². The molecule has 1 saturated heterocycles. The molecule has 1 aliphatic heterocycles. The van der Waals surface area contributed by atoms with E-state index < -0.39 is 0 Å². The van der Waals surface area contributed by atoms with Crippen LogP contribution in [-0.4, -0.2) is 40.6 Å². The highest BCUT2D eigenvalue weighted by Gasteiger charge is 2.09. The molecule has 4 nitrogen and oxygen atoms in total. The van der Waals surface area contributed by atoms with Crippen molar-refractivity contribution in [2.75, 3.05) is 26.2 Å². The third kappa shape index (κ3) is 3.56. The first-order valence-corrected chi connectivity index (χ1v) is 6.42. The highest BCUT2D eigenvalue weighted by atomic mass is 35.5. The molecule has 2 heterocycles. The summed E-state index contributed by atoms with van der Waals surface area (Å²) in [5, 5.41) is 3.38. The van der Waals surface area contributed by atoms with Crippen LogP contribution in [0.4, 0.5) is 0 Å². The van der Waals surface area contributed by atoms with E-state index in [1.807, 2.05) is 17.1 Å². The van der Waals surface area contributed by atoms with Crippen molar-refractivity contribution in [2.45, 2.75) is 6.54 Å². The summed E-state index contributed by atoms with van der Waals surface area (Å²) in [4.78, 5) is 6.55. The average Bonchev–Trinajstić information content (AvgIpc) is 2.95. The monoisotopic (exact) mass is 278 g/mol. The molecule has 2 aromatic rings. The topological polar surface area (TPSA) is 33.1 Å². The SMILES string of the molecule is Cl.c1cn(-c2ccc(CN3CCNCC3)cc2)cn1. The van der Waals surface area contributed by atoms with Crippen LogP contribution in [0.2, 0.25) is 0 Å². The van der Waals surface area contributed by atoms with Crippen LogP contribution in [0, 0.1) is 0 Å². The van der Waals surface area contributed by atoms with Crippen molar-refractivity contribution in [2.24, 2.45) is 0 Å². The minimum absolute atomic E-state index is 0. The van der Waals surface area contributed by atoms with E-state index >= 15 is 0 Å². The van der Waals surface area contributed by atoms with Crippen LogP contribution in [0.15, 0.2) is 43.0 Å². The number of hydrogen-bond donors (Lipinski definition) is 1. The molecular weight excluding hydrogens is 260 g/mol. The summed E-state index contributed by atoms with van der Waals surface area (Å²) >= 11 is 0. The lowest BCUT2D eigenvalue weighted by Gasteiger charge is -2.27. The fourth-order valence-corrected chi connectivity index (χ4v) is 2.31. The van der Waals surface area contributed by atoms with E-state index in [4.69, 9.17) is 0 Å². The molecule has 0 unspecified atom stereocenters. The van der Waals surface area contributed by atoms with Gasteiger partial charge in [0.2, 0.25) is 0 Å². The summed E-state index contributed by atoms with van der Waals surface area (Å²) in [5.74, 6) is 0. The van der Waals surface area contributed by atoms with E-state index in [0.717, 1.165) is 38.4 Å². The van der Waals surface area contributed by atoms with Gasteiger partial charge in [0.25, 0.3) is 0 Å². The van der Waals surface area contributed by atoms with Gasteiger partial charge in [-0.1, -0.05) is 12.1 Å². The lowest BCUT2D eigenvalue weighted by Crippen LogP contribution is -2.42. The molecule has 1 aliphatic rings. The fourth-order valence-electron chi connectivity index (χ4n) is 2.31. The number of benzene rings is 1. The van der Waals surface area contributed by atoms with Crippen molar-refractivity contribution in [1.82, 2.24) is 19.8 Å². The molecule has 1 aromatic heterocycles. The third-order valence-electron chi connectivity index (χ3n) is 3.35. The second-order valence-electron chi connectivity index (χ2n) is 4.66. The van der Waals surface area contributed by atoms with Gasteiger partial charge in [0, 0.05) is 50.8 Å². The summed E-state index contributed by atoms with van der Waals surface area (Å²) in [7, 11) is 0. The van der Waals surface area contributed by atoms with E-state index in [-0.39, 0.29) is 12.4 Å². The summed E-state index contributed by atoms with van der Waals surface area (Å²) in [6, 6.07) is 8.72. The lowest BCUT2D eigenvalue weighted by molar-refractivity contribution is 0.233. The average molecular weight is 279 g/mol. The highest BCUT2D eigenvalue weighted by molar-refractivity contribution is 5.85. The summed E-state index contributed by atoms with van der Waals surface area (Å²) < 4.78 is 2.02. The Balaban J connectivity index is 0.00000133. The Morgan fingerprint density at radius 1 is 1.11 bits per heavy atom. The number of nitrogens with one attached hydrogen (secondary N) is 1. The molecule has 5 heteroatoms. The molecule has 1 N–H and O–H groups in total. The molecule has 0 amide bonds. The molecule has 0 aliphatic carbocycles. The van der Waals surface area contributed by atoms with Crippen molar-refractivity contribution >= 4 is 12.4 Å². The molecule has 102 valence electrons. The summed E-state index contributed by atoms with van der Waals surface area (Å²) in [6.07, 6.45) is 5.59. The third-order valence-corrected chi connectivity index (χ3v) is 3.35. The van der Waals surface area contributed by atoms with Crippen molar-refractivity contribution in [3.05, 3.63) is 48.5 Å². The minimum atomic E-state index is 0. The van der Waals surface area contributed by atoms with Crippen molar-refractivity contribution < 1.29 is 0 Å². The maximum atomic E-state index is 4.06. The van der Waals surface area contributed by atoms with Gasteiger partial charge in [-0.05, 0) is 17.7 Å². The van der Waals surface area contributed by atoms with E-state index in [2.05, 4.69) is 39.5 Å². The molecule has 3 rings (SSSR count). The van der Waals surface area contributed by atoms with E-state index in [1.165, 1.54) is 5.56 Å². The number of imidazole rings is 1. The molecular formula is C14H19ClN4. The Bertz CT molecular complexity index is 475. The largest absolute Gasteiger partial charge is 0.314 e. The van der Waals surface area contributed by atoms with Gasteiger partial charge in [0.1, 0.15) is 0 Å². The second kappa shape index (κ2) is 6.70. The van der Waals surface area contributed by atoms with Crippen molar-refractivity contribution in [3.63, 3.8) is 0 Å². The minimum Gasteiger partial charge on any atom is -0.314 e. The van der Waals surface area contributed by atoms with Crippen LogP contribution >= 0.6 is 12.4 Å². The summed E-state index contributed by atoms with van der Waals surface area (Å²) in [5.41, 5.74) is 2.54. The zero-order chi connectivity index (χ0) is 12.2. The van der Waals surface area contributed by atoms with Crippen LogP contribution in [0.5, 0.6) is 0 Å². The van der Waals surface area contributed by atoms with Crippen LogP contribution < -0.4 is 5.32 Å². The number of halogens is 1. The molecule has 0 radical (unpaired) electrons. The zero-order valence-corrected chi connectivity index (χ0v) is 11.6. The first-order valence-electron chi connectivity index (χ1n) is 6.42. The number of nitrogens with zero attached hydrogens (tertiary/aromatic N) is 3.